The molecule has 2 fully saturated rings. The van der Waals surface area contributed by atoms with Crippen molar-refractivity contribution >= 4 is 100 Å². The fourth-order valence-corrected chi connectivity index (χ4v) is 7.79. The Morgan fingerprint density at radius 2 is 0.806 bits per heavy atom. The summed E-state index contributed by atoms with van der Waals surface area (Å²) in [5.74, 6) is -1.31. The number of aromatic nitrogens is 4. The van der Waals surface area contributed by atoms with Crippen molar-refractivity contribution in [1.29, 1.82) is 0 Å². The van der Waals surface area contributed by atoms with E-state index in [2.05, 4.69) is 12.8 Å². The minimum atomic E-state index is -1.23. The normalized spacial score (nSPS) is 22.5. The molecule has 0 saturated carbocycles. The van der Waals surface area contributed by atoms with Crippen LogP contribution in [0.5, 0.6) is 0 Å². The third kappa shape index (κ3) is 3.39. The van der Waals surface area contributed by atoms with Gasteiger partial charge in [-0.25, -0.2) is 0 Å². The van der Waals surface area contributed by atoms with Crippen molar-refractivity contribution in [1.82, 2.24) is 12.8 Å². The number of hydrogen-bond acceptors (Lipinski definition) is 8. The Morgan fingerprint density at radius 1 is 0.528 bits per heavy atom. The van der Waals surface area contributed by atoms with Gasteiger partial charge in [0, 0.05) is 0 Å². The molecule has 0 spiro atoms. The van der Waals surface area contributed by atoms with Gasteiger partial charge in [0.1, 0.15) is 0 Å². The number of nitrogens with zero attached hydrogens (tertiary/aromatic N) is 4. The van der Waals surface area contributed by atoms with E-state index in [0.29, 0.717) is 22.1 Å². The number of hydrogen-bond donors (Lipinski definition) is 0. The van der Waals surface area contributed by atoms with Crippen molar-refractivity contribution in [3.8, 4) is 0 Å². The van der Waals surface area contributed by atoms with E-state index in [1.165, 1.54) is 0 Å². The summed E-state index contributed by atoms with van der Waals surface area (Å²) >= 11 is -2.46. The second-order valence-electron chi connectivity index (χ2n) is 11.3. The molecule has 14 heteroatoms. The molecule has 2 aliphatic heterocycles. The Morgan fingerprint density at radius 3 is 1.11 bits per heavy atom. The zero-order valence-corrected chi connectivity index (χ0v) is 25.8. The SMILES string of the molecule is CC1(C)OB(c2c(F)c3c4n[te]nc4c(B4OC(C)(C)C(C)(C)O4)c(F)c3c3n[te]nc23)OC1(C)C. The topological polar surface area (TPSA) is 88.5 Å². The van der Waals surface area contributed by atoms with Crippen LogP contribution in [-0.4, -0.2) is 91.5 Å². The first-order chi connectivity index (χ1) is 16.7. The Hall–Kier alpha value is -0.691. The standard InChI is InChI=1S/C22H24B2F2N4O4Te2/c1-19(2)20(3,4)32-23(31-19)11-13(25)9-10(15-17(11)29-35-27-15)14(26)12(18-16(9)28-36-30-18)24-33-21(5,6)22(7,8)34-24/h1-8H3. The van der Waals surface area contributed by atoms with Crippen LogP contribution < -0.4 is 10.9 Å². The van der Waals surface area contributed by atoms with Crippen LogP contribution in [-0.2, 0) is 18.6 Å². The molecular weight excluding hydrogens is 699 g/mol. The van der Waals surface area contributed by atoms with E-state index in [1.807, 2.05) is 55.4 Å². The number of fused-ring (bicyclic) bond motifs is 5. The summed E-state index contributed by atoms with van der Waals surface area (Å²) in [7, 11) is -2.01. The van der Waals surface area contributed by atoms with Crippen LogP contribution in [0.1, 0.15) is 55.4 Å². The summed E-state index contributed by atoms with van der Waals surface area (Å²) in [5.41, 5.74) is -1.20. The molecule has 36 heavy (non-hydrogen) atoms. The first-order valence-electron chi connectivity index (χ1n) is 11.6. The average molecular weight is 723 g/mol. The predicted molar refractivity (Wildman–Crippen MR) is 135 cm³/mol. The molecule has 6 rings (SSSR count). The Labute approximate surface area is 228 Å². The molecule has 0 atom stereocenters. The van der Waals surface area contributed by atoms with Crippen molar-refractivity contribution in [2.75, 3.05) is 0 Å². The first kappa shape index (κ1) is 25.6. The van der Waals surface area contributed by atoms with Gasteiger partial charge in [0.25, 0.3) is 0 Å². The third-order valence-electron chi connectivity index (χ3n) is 8.10. The van der Waals surface area contributed by atoms with E-state index in [1.54, 1.807) is 0 Å². The average Bonchev–Trinajstić information content (AvgIpc) is 3.48. The van der Waals surface area contributed by atoms with E-state index in [0.717, 1.165) is 0 Å². The maximum atomic E-state index is 16.5. The van der Waals surface area contributed by atoms with Gasteiger partial charge in [-0.15, -0.1) is 0 Å². The van der Waals surface area contributed by atoms with Crippen LogP contribution in [0.25, 0.3) is 32.8 Å². The number of benzene rings is 2. The molecular formula is C22H24B2F2N4O4Te2. The monoisotopic (exact) mass is 728 g/mol. The van der Waals surface area contributed by atoms with E-state index in [9.17, 15) is 0 Å². The number of halogens is 2. The Balaban J connectivity index is 1.66. The maximum absolute atomic E-state index is 16.5. The van der Waals surface area contributed by atoms with Crippen LogP contribution >= 0.6 is 0 Å². The molecule has 0 radical (unpaired) electrons. The summed E-state index contributed by atoms with van der Waals surface area (Å²) in [4.78, 5) is 0. The van der Waals surface area contributed by atoms with Gasteiger partial charge in [0.2, 0.25) is 0 Å². The minimum absolute atomic E-state index is 0.0471. The molecule has 0 N–H and O–H groups in total. The zero-order valence-electron chi connectivity index (χ0n) is 21.1. The predicted octanol–water partition coefficient (Wildman–Crippen LogP) is 1.72. The summed E-state index contributed by atoms with van der Waals surface area (Å²) in [6, 6.07) is 0. The molecule has 2 aromatic carbocycles. The second-order valence-corrected chi connectivity index (χ2v) is 14.3. The molecule has 188 valence electrons. The van der Waals surface area contributed by atoms with Crippen molar-refractivity contribution < 1.29 is 27.4 Å². The first-order valence-corrected chi connectivity index (χ1v) is 15.8. The van der Waals surface area contributed by atoms with Gasteiger partial charge >= 0.3 is 230 Å². The van der Waals surface area contributed by atoms with Crippen LogP contribution in [0.15, 0.2) is 0 Å². The second kappa shape index (κ2) is 7.92. The molecule has 8 nitrogen and oxygen atoms in total. The van der Waals surface area contributed by atoms with Crippen molar-refractivity contribution in [3.05, 3.63) is 11.6 Å². The van der Waals surface area contributed by atoms with Crippen LogP contribution in [0, 0.1) is 11.6 Å². The van der Waals surface area contributed by atoms with Crippen molar-refractivity contribution in [2.45, 2.75) is 77.8 Å². The zero-order chi connectivity index (χ0) is 26.0. The van der Waals surface area contributed by atoms with E-state index >= 15 is 8.78 Å². The molecule has 0 amide bonds. The van der Waals surface area contributed by atoms with Crippen molar-refractivity contribution in [2.24, 2.45) is 0 Å². The van der Waals surface area contributed by atoms with Gasteiger partial charge in [-0.05, 0) is 0 Å². The van der Waals surface area contributed by atoms with E-state index in [-0.39, 0.29) is 21.7 Å². The van der Waals surface area contributed by atoms with Crippen LogP contribution in [0.3, 0.4) is 0 Å². The van der Waals surface area contributed by atoms with Gasteiger partial charge in [-0.1, -0.05) is 0 Å². The number of rotatable bonds is 2. The fourth-order valence-electron chi connectivity index (χ4n) is 4.55. The summed E-state index contributed by atoms with van der Waals surface area (Å²) in [6.07, 6.45) is 0. The molecule has 0 aliphatic carbocycles. The molecule has 2 aliphatic rings. The van der Waals surface area contributed by atoms with E-state index in [4.69, 9.17) is 18.6 Å². The van der Waals surface area contributed by atoms with Gasteiger partial charge < -0.3 is 0 Å². The fraction of sp³-hybridized carbons (Fsp3) is 0.545. The van der Waals surface area contributed by atoms with Crippen molar-refractivity contribution in [3.63, 3.8) is 0 Å². The molecule has 4 aromatic rings. The third-order valence-corrected chi connectivity index (χ3v) is 11.1. The molecule has 0 bridgehead atoms. The van der Waals surface area contributed by atoms with Crippen LogP contribution in [0.4, 0.5) is 8.78 Å². The molecule has 0 unspecified atom stereocenters. The van der Waals surface area contributed by atoms with Crippen LogP contribution in [0.2, 0.25) is 0 Å². The summed E-state index contributed by atoms with van der Waals surface area (Å²) in [5, 5.41) is 0.0942. The summed E-state index contributed by atoms with van der Waals surface area (Å²) < 4.78 is 76.0. The molecule has 4 heterocycles. The molecule has 2 saturated heterocycles. The van der Waals surface area contributed by atoms with E-state index < -0.39 is 90.3 Å². The Kier molecular flexibility index (Phi) is 5.63. The summed E-state index contributed by atoms with van der Waals surface area (Å²) in [6.45, 7) is 15.2. The van der Waals surface area contributed by atoms with Gasteiger partial charge in [-0.3, -0.25) is 0 Å². The van der Waals surface area contributed by atoms with Gasteiger partial charge in [-0.2, -0.15) is 0 Å². The Bertz CT molecular complexity index is 1420. The molecule has 2 aromatic heterocycles. The quantitative estimate of drug-likeness (QED) is 0.290. The van der Waals surface area contributed by atoms with Gasteiger partial charge in [0.05, 0.1) is 0 Å². The van der Waals surface area contributed by atoms with Gasteiger partial charge in [0.15, 0.2) is 0 Å².